The maximum atomic E-state index is 13.1. The Labute approximate surface area is 129 Å². The number of carbonyl (C=O) groups is 1. The maximum Gasteiger partial charge on any atom is 0.222 e. The van der Waals surface area contributed by atoms with E-state index in [4.69, 9.17) is 11.6 Å². The molecule has 0 bridgehead atoms. The number of rotatable bonds is 2. The second kappa shape index (κ2) is 5.58. The fourth-order valence-corrected chi connectivity index (χ4v) is 3.77. The van der Waals surface area contributed by atoms with Gasteiger partial charge in [0.2, 0.25) is 5.91 Å². The number of halogens is 2. The predicted octanol–water partition coefficient (Wildman–Crippen LogP) is 3.07. The molecule has 2 fully saturated rings. The van der Waals surface area contributed by atoms with Crippen LogP contribution in [0.3, 0.4) is 0 Å². The number of likely N-dealkylation sites (tertiary alicyclic amines) is 2. The summed E-state index contributed by atoms with van der Waals surface area (Å²) in [4.78, 5) is 16.0. The van der Waals surface area contributed by atoms with E-state index >= 15 is 0 Å². The summed E-state index contributed by atoms with van der Waals surface area (Å²) in [6.07, 6.45) is 3.68. The van der Waals surface area contributed by atoms with Crippen LogP contribution < -0.4 is 0 Å². The highest BCUT2D eigenvalue weighted by molar-refractivity contribution is 6.31. The average Bonchev–Trinajstić information content (AvgIpc) is 2.73. The topological polar surface area (TPSA) is 23.6 Å². The van der Waals surface area contributed by atoms with Crippen molar-refractivity contribution in [3.63, 3.8) is 0 Å². The summed E-state index contributed by atoms with van der Waals surface area (Å²) in [5, 5.41) is 0.489. The summed E-state index contributed by atoms with van der Waals surface area (Å²) < 4.78 is 13.1. The van der Waals surface area contributed by atoms with Gasteiger partial charge in [-0.15, -0.1) is 0 Å². The van der Waals surface area contributed by atoms with Gasteiger partial charge in [0.15, 0.2) is 0 Å². The molecule has 21 heavy (non-hydrogen) atoms. The Morgan fingerprint density at radius 2 is 2.00 bits per heavy atom. The molecule has 2 aliphatic rings. The maximum absolute atomic E-state index is 13.1. The normalized spacial score (nSPS) is 22.2. The van der Waals surface area contributed by atoms with Gasteiger partial charge in [0, 0.05) is 43.7 Å². The van der Waals surface area contributed by atoms with Gasteiger partial charge in [-0.25, -0.2) is 4.39 Å². The lowest BCUT2D eigenvalue weighted by atomic mass is 9.85. The van der Waals surface area contributed by atoms with Gasteiger partial charge in [-0.1, -0.05) is 17.7 Å². The van der Waals surface area contributed by atoms with Crippen LogP contribution in [0.4, 0.5) is 4.39 Å². The molecule has 2 heterocycles. The Hall–Kier alpha value is -1.13. The fraction of sp³-hybridized carbons (Fsp3) is 0.562. The largest absolute Gasteiger partial charge is 0.340 e. The third-order valence-electron chi connectivity index (χ3n) is 5.09. The minimum absolute atomic E-state index is 0.0696. The molecule has 3 rings (SSSR count). The second-order valence-electron chi connectivity index (χ2n) is 6.19. The Bertz CT molecular complexity index is 555. The van der Waals surface area contributed by atoms with Crippen LogP contribution in [0.5, 0.6) is 0 Å². The van der Waals surface area contributed by atoms with E-state index in [0.717, 1.165) is 44.5 Å². The average molecular weight is 311 g/mol. The van der Waals surface area contributed by atoms with Crippen molar-refractivity contribution in [3.05, 3.63) is 34.6 Å². The van der Waals surface area contributed by atoms with Gasteiger partial charge < -0.3 is 4.90 Å². The van der Waals surface area contributed by atoms with Crippen molar-refractivity contribution in [1.29, 1.82) is 0 Å². The van der Waals surface area contributed by atoms with E-state index in [2.05, 4.69) is 4.90 Å². The van der Waals surface area contributed by atoms with Gasteiger partial charge in [-0.3, -0.25) is 9.69 Å². The molecule has 2 saturated heterocycles. The number of nitrogens with zero attached hydrogens (tertiary/aromatic N) is 2. The molecule has 1 amide bonds. The van der Waals surface area contributed by atoms with Crippen LogP contribution in [0.15, 0.2) is 18.2 Å². The Balaban J connectivity index is 1.63. The van der Waals surface area contributed by atoms with E-state index in [-0.39, 0.29) is 17.3 Å². The molecular weight excluding hydrogens is 291 g/mol. The fourth-order valence-electron chi connectivity index (χ4n) is 3.54. The van der Waals surface area contributed by atoms with Crippen LogP contribution in [0, 0.1) is 5.82 Å². The highest BCUT2D eigenvalue weighted by Gasteiger charge is 2.44. The lowest BCUT2D eigenvalue weighted by Gasteiger charge is -2.43. The van der Waals surface area contributed by atoms with Crippen LogP contribution >= 0.6 is 11.6 Å². The summed E-state index contributed by atoms with van der Waals surface area (Å²) >= 11 is 6.09. The minimum atomic E-state index is -0.299. The van der Waals surface area contributed by atoms with Crippen LogP contribution in [0.25, 0.3) is 0 Å². The van der Waals surface area contributed by atoms with Crippen LogP contribution in [-0.2, 0) is 11.3 Å². The SMILES string of the molecule is CN1C(=O)CCC12CCN(Cc1ccc(F)cc1Cl)CC2. The van der Waals surface area contributed by atoms with E-state index in [9.17, 15) is 9.18 Å². The number of carbonyl (C=O) groups excluding carboxylic acids is 1. The molecule has 0 unspecified atom stereocenters. The highest BCUT2D eigenvalue weighted by Crippen LogP contribution is 2.38. The van der Waals surface area contributed by atoms with Crippen molar-refractivity contribution in [3.8, 4) is 0 Å². The molecule has 0 N–H and O–H groups in total. The molecule has 5 heteroatoms. The number of hydrogen-bond acceptors (Lipinski definition) is 2. The number of benzene rings is 1. The number of amides is 1. The first-order valence-electron chi connectivity index (χ1n) is 7.43. The predicted molar refractivity (Wildman–Crippen MR) is 80.7 cm³/mol. The van der Waals surface area contributed by atoms with E-state index in [1.54, 1.807) is 6.07 Å². The van der Waals surface area contributed by atoms with Gasteiger partial charge in [0.05, 0.1) is 0 Å². The molecule has 3 nitrogen and oxygen atoms in total. The molecule has 0 aliphatic carbocycles. The van der Waals surface area contributed by atoms with E-state index in [1.807, 2.05) is 11.9 Å². The van der Waals surface area contributed by atoms with Crippen molar-refractivity contribution >= 4 is 17.5 Å². The van der Waals surface area contributed by atoms with Crippen molar-refractivity contribution < 1.29 is 9.18 Å². The van der Waals surface area contributed by atoms with E-state index < -0.39 is 0 Å². The summed E-state index contributed by atoms with van der Waals surface area (Å²) in [5.74, 6) is -0.0301. The smallest absolute Gasteiger partial charge is 0.222 e. The van der Waals surface area contributed by atoms with Gasteiger partial charge in [-0.05, 0) is 37.0 Å². The zero-order valence-electron chi connectivity index (χ0n) is 12.2. The van der Waals surface area contributed by atoms with Crippen LogP contribution in [0.1, 0.15) is 31.2 Å². The first kappa shape index (κ1) is 14.8. The molecule has 1 spiro atoms. The summed E-state index contributed by atoms with van der Waals surface area (Å²) in [7, 11) is 1.93. The van der Waals surface area contributed by atoms with Gasteiger partial charge in [0.25, 0.3) is 0 Å². The monoisotopic (exact) mass is 310 g/mol. The quantitative estimate of drug-likeness (QED) is 0.838. The number of piperidine rings is 1. The summed E-state index contributed by atoms with van der Waals surface area (Å²) in [6.45, 7) is 2.64. The molecule has 114 valence electrons. The zero-order valence-corrected chi connectivity index (χ0v) is 13.0. The molecule has 1 aromatic carbocycles. The van der Waals surface area contributed by atoms with Gasteiger partial charge in [0.1, 0.15) is 5.82 Å². The van der Waals surface area contributed by atoms with Crippen molar-refractivity contribution in [2.75, 3.05) is 20.1 Å². The van der Waals surface area contributed by atoms with Crippen molar-refractivity contribution in [2.45, 2.75) is 37.8 Å². The zero-order chi connectivity index (χ0) is 15.0. The van der Waals surface area contributed by atoms with Gasteiger partial charge in [-0.2, -0.15) is 0 Å². The highest BCUT2D eigenvalue weighted by atomic mass is 35.5. The summed E-state index contributed by atoms with van der Waals surface area (Å²) in [6, 6.07) is 4.58. The molecule has 0 saturated carbocycles. The first-order valence-corrected chi connectivity index (χ1v) is 7.81. The molecule has 2 aliphatic heterocycles. The molecule has 1 aromatic rings. The van der Waals surface area contributed by atoms with Crippen LogP contribution in [0.2, 0.25) is 5.02 Å². The minimum Gasteiger partial charge on any atom is -0.340 e. The van der Waals surface area contributed by atoms with Gasteiger partial charge >= 0.3 is 0 Å². The Kier molecular flexibility index (Phi) is 3.93. The molecule has 0 radical (unpaired) electrons. The molecule has 0 atom stereocenters. The van der Waals surface area contributed by atoms with E-state index in [1.165, 1.54) is 12.1 Å². The molecular formula is C16H20ClFN2O. The third-order valence-corrected chi connectivity index (χ3v) is 5.44. The number of hydrogen-bond donors (Lipinski definition) is 0. The first-order chi connectivity index (χ1) is 10.00. The Morgan fingerprint density at radius 3 is 2.57 bits per heavy atom. The third kappa shape index (κ3) is 2.79. The van der Waals surface area contributed by atoms with Crippen molar-refractivity contribution in [1.82, 2.24) is 9.80 Å². The van der Waals surface area contributed by atoms with E-state index in [0.29, 0.717) is 11.4 Å². The second-order valence-corrected chi connectivity index (χ2v) is 6.60. The lowest BCUT2D eigenvalue weighted by Crippen LogP contribution is -2.51. The van der Waals surface area contributed by atoms with Crippen LogP contribution in [-0.4, -0.2) is 41.4 Å². The standard InChI is InChI=1S/C16H20ClFN2O/c1-19-15(21)4-5-16(19)6-8-20(9-7-16)11-12-2-3-13(18)10-14(12)17/h2-3,10H,4-9,11H2,1H3. The lowest BCUT2D eigenvalue weighted by molar-refractivity contribution is -0.130. The molecule has 0 aromatic heterocycles. The Morgan fingerprint density at radius 1 is 1.29 bits per heavy atom. The summed E-state index contributed by atoms with van der Waals surface area (Å²) in [5.41, 5.74) is 1.03. The van der Waals surface area contributed by atoms with Crippen molar-refractivity contribution in [2.24, 2.45) is 0 Å².